The molecule has 15 aromatic rings. The average molecular weight is 2040 g/mol. The van der Waals surface area contributed by atoms with Crippen LogP contribution in [-0.4, -0.2) is 301 Å². The van der Waals surface area contributed by atoms with Gasteiger partial charge in [0.05, 0.1) is 116 Å². The summed E-state index contributed by atoms with van der Waals surface area (Å²) in [5.74, 6) is 1.09. The third-order valence-electron chi connectivity index (χ3n) is 21.3. The lowest BCUT2D eigenvalue weighted by Crippen LogP contribution is -2.41. The monoisotopic (exact) mass is 2040 g/mol. The van der Waals surface area contributed by atoms with Crippen molar-refractivity contribution in [2.75, 3.05) is 175 Å². The van der Waals surface area contributed by atoms with Gasteiger partial charge in [-0.3, -0.25) is 20.1 Å². The smallest absolute Gasteiger partial charge is 0.478 e. The first-order chi connectivity index (χ1) is 67.8. The summed E-state index contributed by atoms with van der Waals surface area (Å²) < 4.78 is 33.6. The van der Waals surface area contributed by atoms with Gasteiger partial charge in [-0.15, -0.1) is 0 Å². The second-order valence-electron chi connectivity index (χ2n) is 31.9. The summed E-state index contributed by atoms with van der Waals surface area (Å²) in [7, 11) is 6.87. The number of aromatic amines is 3. The molecule has 5 saturated heterocycles. The van der Waals surface area contributed by atoms with Crippen molar-refractivity contribution in [2.24, 2.45) is 0 Å². The summed E-state index contributed by atoms with van der Waals surface area (Å²) in [6.45, 7) is 18.8. The predicted molar refractivity (Wildman–Crippen MR) is 537 cm³/mol. The first-order valence-electron chi connectivity index (χ1n) is 43.5. The second-order valence-corrected chi connectivity index (χ2v) is 33.9. The highest BCUT2D eigenvalue weighted by Gasteiger charge is 2.52. The Morgan fingerprint density at radius 1 is 0.383 bits per heavy atom. The topological polar surface area (TPSA) is 554 Å². The van der Waals surface area contributed by atoms with Crippen LogP contribution in [0.2, 0.25) is 31.7 Å². The predicted octanol–water partition coefficient (Wildman–Crippen LogP) is 12.7. The number of H-pyrrole nitrogens is 3. The molecule has 0 unspecified atom stereocenters. The minimum absolute atomic E-state index is 0.000000000000000444. The van der Waals surface area contributed by atoms with E-state index in [1.165, 1.54) is 36.4 Å². The molecule has 5 aliphatic heterocycles. The van der Waals surface area contributed by atoms with Crippen molar-refractivity contribution in [3.05, 3.63) is 224 Å². The molecule has 8 aromatic heterocycles. The van der Waals surface area contributed by atoms with Crippen molar-refractivity contribution >= 4 is 203 Å². The molecule has 734 valence electrons. The highest BCUT2D eigenvalue weighted by Crippen LogP contribution is 2.38. The number of carboxylic acid groups (broad SMARTS) is 3. The first-order valence-corrected chi connectivity index (χ1v) is 45.7. The number of nitrogens with one attached hydrogen (secondary N) is 7. The number of aromatic carboxylic acids is 3. The SMILES string of the molecule is CC1(C)OB(c2cccc3[nH]ncc23)OC1(C)C.CN(C)C(=O)c1cccc(Nc2nc(-c3cccc4[nH]ncc34)nc(N3CCOCC3)n2)c1.CNC.Clc1nc(Cl)nc(Cl)n1.Clc1nc(Cl)nc(N2CCOCC2)n1.Nc1cccc(C(=O)O)c1.O=C(O)c1cccc(Nc2nc(-c3cccc4[nH]ncc34)nc(N3CCOCC3)n2)c1.O=C(O)c1cccc(Nc2nc(Cl)nc(N3CCOCC3)n2)c1. The van der Waals surface area contributed by atoms with Crippen LogP contribution >= 0.6 is 69.6 Å². The number of carbonyl (C=O) groups is 4. The Morgan fingerprint density at radius 3 is 1.04 bits per heavy atom. The summed E-state index contributed by atoms with van der Waals surface area (Å²) in [6, 6.07) is 44.0. The lowest BCUT2D eigenvalue weighted by Gasteiger charge is -2.32. The van der Waals surface area contributed by atoms with Crippen LogP contribution in [0.5, 0.6) is 0 Å². The van der Waals surface area contributed by atoms with Gasteiger partial charge in [0.15, 0.2) is 11.6 Å². The first kappa shape index (κ1) is 104. The van der Waals surface area contributed by atoms with Crippen molar-refractivity contribution in [3.63, 3.8) is 0 Å². The number of morpholine rings is 4. The van der Waals surface area contributed by atoms with E-state index in [2.05, 4.69) is 144 Å². The highest BCUT2D eigenvalue weighted by atomic mass is 35.5. The van der Waals surface area contributed by atoms with Gasteiger partial charge in [0.2, 0.25) is 73.3 Å². The third kappa shape index (κ3) is 29.2. The van der Waals surface area contributed by atoms with Crippen LogP contribution < -0.4 is 52.1 Å². The van der Waals surface area contributed by atoms with Crippen molar-refractivity contribution < 1.29 is 62.8 Å². The van der Waals surface area contributed by atoms with Gasteiger partial charge in [0, 0.05) is 122 Å². The van der Waals surface area contributed by atoms with Crippen LogP contribution in [-0.2, 0) is 28.3 Å². The molecule has 5 fully saturated rings. The maximum Gasteiger partial charge on any atom is 0.495 e. The van der Waals surface area contributed by atoms with E-state index < -0.39 is 17.9 Å². The Labute approximate surface area is 836 Å². The summed E-state index contributed by atoms with van der Waals surface area (Å²) in [5, 5.41) is 63.3. The number of nitrogens with two attached hydrogens (primary N) is 1. The summed E-state index contributed by atoms with van der Waals surface area (Å²) in [5.41, 5.74) is 13.7. The van der Waals surface area contributed by atoms with Gasteiger partial charge in [-0.05, 0) is 208 Å². The van der Waals surface area contributed by atoms with Crippen LogP contribution in [0.15, 0.2) is 170 Å². The van der Waals surface area contributed by atoms with Gasteiger partial charge >= 0.3 is 25.0 Å². The van der Waals surface area contributed by atoms with Gasteiger partial charge in [-0.25, -0.2) is 14.4 Å². The maximum absolute atomic E-state index is 12.4. The number of nitrogen functional groups attached to an aromatic ring is 1. The molecule has 141 heavy (non-hydrogen) atoms. The normalized spacial score (nSPS) is 14.6. The molecule has 0 spiro atoms. The average Bonchev–Trinajstić information content (AvgIpc) is 1.61. The fourth-order valence-electron chi connectivity index (χ4n) is 13.7. The van der Waals surface area contributed by atoms with E-state index in [0.29, 0.717) is 168 Å². The van der Waals surface area contributed by atoms with E-state index in [9.17, 15) is 24.3 Å². The summed E-state index contributed by atoms with van der Waals surface area (Å²) in [4.78, 5) is 117. The number of benzene rings is 7. The molecule has 0 aliphatic carbocycles. The van der Waals surface area contributed by atoms with Gasteiger partial charge < -0.3 is 95.1 Å². The van der Waals surface area contributed by atoms with E-state index >= 15 is 0 Å². The van der Waals surface area contributed by atoms with E-state index in [1.807, 2.05) is 102 Å². The Morgan fingerprint density at radius 2 is 0.681 bits per heavy atom. The molecule has 7 aromatic carbocycles. The number of nitrogens with zero attached hydrogens (tertiary/aromatic N) is 23. The molecule has 20 rings (SSSR count). The van der Waals surface area contributed by atoms with E-state index in [1.54, 1.807) is 79.9 Å². The van der Waals surface area contributed by atoms with Crippen LogP contribution in [0.1, 0.15) is 69.1 Å². The summed E-state index contributed by atoms with van der Waals surface area (Å²) >= 11 is 33.2. The Balaban J connectivity index is 0.000000143. The Hall–Kier alpha value is -14.2. The highest BCUT2D eigenvalue weighted by molar-refractivity contribution is 6.65. The Kier molecular flexibility index (Phi) is 36.6. The minimum atomic E-state index is -1.00. The fourth-order valence-corrected chi connectivity index (χ4v) is 14.8. The number of hydrogen-bond acceptors (Lipinski definition) is 37. The number of hydrogen-bond donors (Lipinski definition) is 11. The zero-order chi connectivity index (χ0) is 100. The molecule has 0 bridgehead atoms. The molecule has 13 heterocycles. The van der Waals surface area contributed by atoms with E-state index in [0.717, 1.165) is 62.4 Å². The van der Waals surface area contributed by atoms with Gasteiger partial charge in [-0.1, -0.05) is 60.7 Å². The third-order valence-corrected chi connectivity index (χ3v) is 22.3. The zero-order valence-corrected chi connectivity index (χ0v) is 81.6. The van der Waals surface area contributed by atoms with Gasteiger partial charge in [0.1, 0.15) is 0 Å². The second kappa shape index (κ2) is 49.6. The number of halogens is 6. The number of fused-ring (bicyclic) bond motifs is 3. The number of rotatable bonds is 17. The molecule has 5 aliphatic rings. The number of carboxylic acids is 3. The Bertz CT molecular complexity index is 6710. The quantitative estimate of drug-likeness (QED) is 0.0298. The fraction of sp³-hybridized carbons (Fsp3) is 0.289. The van der Waals surface area contributed by atoms with Crippen LogP contribution in [0.4, 0.5) is 64.4 Å². The molecule has 44 nitrogen and oxygen atoms in total. The molecule has 1 amide bonds. The molecule has 0 atom stereocenters. The van der Waals surface area contributed by atoms with Crippen molar-refractivity contribution in [1.29, 1.82) is 0 Å². The molecule has 0 saturated carbocycles. The lowest BCUT2D eigenvalue weighted by atomic mass is 9.77. The lowest BCUT2D eigenvalue weighted by molar-refractivity contribution is 0.00578. The largest absolute Gasteiger partial charge is 0.495 e. The molecule has 12 N–H and O–H groups in total. The van der Waals surface area contributed by atoms with E-state index in [4.69, 9.17) is 129 Å². The van der Waals surface area contributed by atoms with Crippen LogP contribution in [0.25, 0.3) is 55.5 Å². The number of ether oxygens (including phenoxy) is 4. The maximum atomic E-state index is 12.4. The zero-order valence-electron chi connectivity index (χ0n) is 77.1. The van der Waals surface area contributed by atoms with Gasteiger partial charge in [0.25, 0.3) is 5.91 Å². The number of aromatic nitrogens is 21. The van der Waals surface area contributed by atoms with E-state index in [-0.39, 0.29) is 78.6 Å². The molecule has 51 heteroatoms. The minimum Gasteiger partial charge on any atom is -0.478 e. The molecular formula is C90H96BCl6N31O13. The van der Waals surface area contributed by atoms with Crippen LogP contribution in [0, 0.1) is 0 Å². The van der Waals surface area contributed by atoms with Gasteiger partial charge in [-0.2, -0.15) is 90.1 Å². The van der Waals surface area contributed by atoms with Crippen molar-refractivity contribution in [1.82, 2.24) is 116 Å². The summed E-state index contributed by atoms with van der Waals surface area (Å²) in [6.07, 6.45) is 5.33. The number of carbonyl (C=O) groups excluding carboxylic acids is 1. The van der Waals surface area contributed by atoms with Crippen molar-refractivity contribution in [2.45, 2.75) is 38.9 Å². The van der Waals surface area contributed by atoms with Crippen LogP contribution in [0.3, 0.4) is 0 Å². The van der Waals surface area contributed by atoms with Crippen molar-refractivity contribution in [3.8, 4) is 22.8 Å². The number of amides is 1. The molecular weight excluding hydrogens is 1950 g/mol. The standard InChI is InChI=1S/C23H24N8O2.C21H19N7O3.C14H14ClN5O3.C13H17BN2O2.C7H8Cl2N4O.C7H7NO2.C3Cl3N3.C2H7N/c1-30(2)21(32)15-5-3-6-16(13-15)25-22-26-20(17-7-4-8-19-18(17)14-24-29-19)27-23(28-22)31-9-11-33-12-10-31;29-19(30)13-3-1-4-14(11-13)23-20-24-18(15-5-2-6-17-16(15)12-22-27-17)25-21(26-20)28-7-9-31-10-8-28;15-12-17-13(16-10-3-1-2-9(8-10)11(21)22)19-14(18-12)20-4-6-23-7-5-20;1-12(2)13(3,4)18-14(17-12)10-6-5-7-11-9(10)8-15-16-11;8-5-10-6(9)12-7(11-5)13-1-3-14-4-2-13;8-6-3-1-2-5(4-6)7(9)10;4-1-7-2(5)9-3(6)8-1;1-3-2/h3-8,13-14H,9-12H2,1-2H3,(H,24,29)(H,25,26,27,28);1-6,11-12H,7-10H2,(H,22,27)(H,29,30)(H,23,24,25,26);1-3,8H,4-7H2,(H,21,22)(H,16,17,18,19);5-8H,1-4H3,(H,15,16);1-4H2;1-4H,8H2,(H,9,10);;3H,1-2H3. The number of anilines is 11. The molecule has 0 radical (unpaired) electrons.